The van der Waals surface area contributed by atoms with Gasteiger partial charge >= 0.3 is 0 Å². The largest absolute Gasteiger partial charge is 0.497 e. The first-order chi connectivity index (χ1) is 14.1. The monoisotopic (exact) mass is 393 g/mol. The van der Waals surface area contributed by atoms with Crippen LogP contribution in [0, 0.1) is 5.92 Å². The molecule has 2 aliphatic rings. The maximum atomic E-state index is 13.1. The molecule has 1 aromatic carbocycles. The Bertz CT molecular complexity index is 846. The van der Waals surface area contributed by atoms with Crippen LogP contribution in [0.5, 0.6) is 5.75 Å². The number of rotatable bonds is 4. The van der Waals surface area contributed by atoms with E-state index in [0.717, 1.165) is 74.6 Å². The van der Waals surface area contributed by atoms with Crippen molar-refractivity contribution in [3.05, 3.63) is 48.2 Å². The summed E-state index contributed by atoms with van der Waals surface area (Å²) in [5.41, 5.74) is 3.10. The fraction of sp³-hybridized carbons (Fsp3) is 0.500. The van der Waals surface area contributed by atoms with Crippen molar-refractivity contribution in [3.63, 3.8) is 0 Å². The van der Waals surface area contributed by atoms with Gasteiger partial charge in [-0.3, -0.25) is 9.78 Å². The van der Waals surface area contributed by atoms with Crippen LogP contribution in [-0.2, 0) is 4.79 Å². The summed E-state index contributed by atoms with van der Waals surface area (Å²) in [7, 11) is 3.82. The fourth-order valence-electron chi connectivity index (χ4n) is 4.55. The number of pyridine rings is 1. The van der Waals surface area contributed by atoms with Crippen LogP contribution < -0.4 is 4.74 Å². The first-order valence-electron chi connectivity index (χ1n) is 10.7. The third kappa shape index (κ3) is 4.61. The topological polar surface area (TPSA) is 45.7 Å². The van der Waals surface area contributed by atoms with Gasteiger partial charge in [0.2, 0.25) is 5.91 Å². The SMILES string of the molecule is COc1cccc(-c2cccc([C@@H]3CCCN(C(=O)C4CCN(C)CC4)C3)n2)c1. The van der Waals surface area contributed by atoms with Crippen molar-refractivity contribution in [2.24, 2.45) is 5.92 Å². The number of nitrogens with zero attached hydrogens (tertiary/aromatic N) is 3. The molecule has 0 N–H and O–H groups in total. The molecule has 0 spiro atoms. The third-order valence-electron chi connectivity index (χ3n) is 6.36. The average Bonchev–Trinajstić information content (AvgIpc) is 2.79. The Balaban J connectivity index is 1.47. The summed E-state index contributed by atoms with van der Waals surface area (Å²) < 4.78 is 5.35. The molecule has 1 amide bonds. The van der Waals surface area contributed by atoms with Crippen molar-refractivity contribution < 1.29 is 9.53 Å². The Hall–Kier alpha value is -2.40. The summed E-state index contributed by atoms with van der Waals surface area (Å²) in [5.74, 6) is 1.69. The number of methoxy groups -OCH3 is 1. The number of hydrogen-bond donors (Lipinski definition) is 0. The van der Waals surface area contributed by atoms with Crippen molar-refractivity contribution in [1.82, 2.24) is 14.8 Å². The minimum atomic E-state index is 0.195. The van der Waals surface area contributed by atoms with Gasteiger partial charge in [0.05, 0.1) is 12.8 Å². The molecule has 4 rings (SSSR count). The second-order valence-electron chi connectivity index (χ2n) is 8.38. The molecule has 5 heteroatoms. The van der Waals surface area contributed by atoms with Gasteiger partial charge in [-0.25, -0.2) is 0 Å². The van der Waals surface area contributed by atoms with Crippen LogP contribution >= 0.6 is 0 Å². The molecule has 3 heterocycles. The fourth-order valence-corrected chi connectivity index (χ4v) is 4.55. The van der Waals surface area contributed by atoms with E-state index in [0.29, 0.717) is 11.8 Å². The number of aromatic nitrogens is 1. The number of carbonyl (C=O) groups is 1. The number of hydrogen-bond acceptors (Lipinski definition) is 4. The molecule has 0 bridgehead atoms. The Morgan fingerprint density at radius 2 is 1.86 bits per heavy atom. The van der Waals surface area contributed by atoms with E-state index in [9.17, 15) is 4.79 Å². The molecule has 154 valence electrons. The number of benzene rings is 1. The summed E-state index contributed by atoms with van der Waals surface area (Å²) in [6, 6.07) is 14.2. The van der Waals surface area contributed by atoms with Gasteiger partial charge in [0.1, 0.15) is 5.75 Å². The van der Waals surface area contributed by atoms with Gasteiger partial charge in [-0.1, -0.05) is 18.2 Å². The zero-order valence-corrected chi connectivity index (χ0v) is 17.5. The number of piperidine rings is 2. The molecule has 29 heavy (non-hydrogen) atoms. The standard InChI is InChI=1S/C24H31N3O2/c1-26-14-11-18(12-15-26)24(28)27-13-5-7-20(17-27)23-10-4-9-22(25-23)19-6-3-8-21(16-19)29-2/h3-4,6,8-10,16,18,20H,5,7,11-15,17H2,1-2H3/t20-/m1/s1. The van der Waals surface area contributed by atoms with Crippen LogP contribution in [0.25, 0.3) is 11.3 Å². The van der Waals surface area contributed by atoms with E-state index < -0.39 is 0 Å². The zero-order valence-electron chi connectivity index (χ0n) is 17.5. The van der Waals surface area contributed by atoms with Gasteiger partial charge in [0.25, 0.3) is 0 Å². The molecule has 0 radical (unpaired) electrons. The van der Waals surface area contributed by atoms with E-state index in [1.165, 1.54) is 0 Å². The van der Waals surface area contributed by atoms with Gasteiger partial charge in [-0.2, -0.15) is 0 Å². The molecule has 1 atom stereocenters. The normalized spacial score (nSPS) is 21.2. The van der Waals surface area contributed by atoms with Crippen LogP contribution in [0.4, 0.5) is 0 Å². The predicted molar refractivity (Wildman–Crippen MR) is 115 cm³/mol. The number of ether oxygens (including phenoxy) is 1. The van der Waals surface area contributed by atoms with E-state index in [1.807, 2.05) is 24.3 Å². The van der Waals surface area contributed by atoms with Crippen LogP contribution in [0.3, 0.4) is 0 Å². The van der Waals surface area contributed by atoms with Crippen molar-refractivity contribution >= 4 is 5.91 Å². The van der Waals surface area contributed by atoms with Crippen molar-refractivity contribution in [1.29, 1.82) is 0 Å². The van der Waals surface area contributed by atoms with E-state index in [4.69, 9.17) is 9.72 Å². The minimum absolute atomic E-state index is 0.195. The lowest BCUT2D eigenvalue weighted by molar-refractivity contribution is -0.138. The zero-order chi connectivity index (χ0) is 20.2. The molecule has 0 saturated carbocycles. The van der Waals surface area contributed by atoms with Crippen LogP contribution in [-0.4, -0.2) is 61.0 Å². The highest BCUT2D eigenvalue weighted by Crippen LogP contribution is 2.30. The predicted octanol–water partition coefficient (Wildman–Crippen LogP) is 3.81. The van der Waals surface area contributed by atoms with Gasteiger partial charge in [-0.05, 0) is 70.1 Å². The third-order valence-corrected chi connectivity index (χ3v) is 6.36. The lowest BCUT2D eigenvalue weighted by Gasteiger charge is -2.37. The first kappa shape index (κ1) is 19.9. The second kappa shape index (κ2) is 8.95. The highest BCUT2D eigenvalue weighted by molar-refractivity contribution is 5.79. The smallest absolute Gasteiger partial charge is 0.225 e. The summed E-state index contributed by atoms with van der Waals surface area (Å²) >= 11 is 0. The Labute approximate surface area is 173 Å². The summed E-state index contributed by atoms with van der Waals surface area (Å²) in [5, 5.41) is 0. The van der Waals surface area contributed by atoms with E-state index >= 15 is 0 Å². The van der Waals surface area contributed by atoms with Gasteiger partial charge in [0, 0.05) is 36.2 Å². The molecule has 2 saturated heterocycles. The van der Waals surface area contributed by atoms with E-state index in [2.05, 4.69) is 35.0 Å². The first-order valence-corrected chi connectivity index (χ1v) is 10.7. The van der Waals surface area contributed by atoms with Crippen LogP contribution in [0.2, 0.25) is 0 Å². The molecule has 5 nitrogen and oxygen atoms in total. The summed E-state index contributed by atoms with van der Waals surface area (Å²) in [6.07, 6.45) is 4.11. The van der Waals surface area contributed by atoms with Gasteiger partial charge in [-0.15, -0.1) is 0 Å². The maximum absolute atomic E-state index is 13.1. The van der Waals surface area contributed by atoms with E-state index in [-0.39, 0.29) is 5.92 Å². The highest BCUT2D eigenvalue weighted by atomic mass is 16.5. The van der Waals surface area contributed by atoms with Crippen molar-refractivity contribution in [3.8, 4) is 17.0 Å². The Morgan fingerprint density at radius 1 is 1.07 bits per heavy atom. The van der Waals surface area contributed by atoms with Gasteiger partial charge in [0.15, 0.2) is 0 Å². The molecule has 2 aliphatic heterocycles. The summed E-state index contributed by atoms with van der Waals surface area (Å²) in [4.78, 5) is 22.4. The lowest BCUT2D eigenvalue weighted by atomic mass is 9.90. The summed E-state index contributed by atoms with van der Waals surface area (Å²) in [6.45, 7) is 3.73. The number of likely N-dealkylation sites (tertiary alicyclic amines) is 2. The van der Waals surface area contributed by atoms with Crippen LogP contribution in [0.1, 0.15) is 37.3 Å². The Kier molecular flexibility index (Phi) is 6.14. The highest BCUT2D eigenvalue weighted by Gasteiger charge is 2.31. The molecular weight excluding hydrogens is 362 g/mol. The van der Waals surface area contributed by atoms with Gasteiger partial charge < -0.3 is 14.5 Å². The quantitative estimate of drug-likeness (QED) is 0.793. The van der Waals surface area contributed by atoms with Crippen molar-refractivity contribution in [2.45, 2.75) is 31.6 Å². The van der Waals surface area contributed by atoms with E-state index in [1.54, 1.807) is 7.11 Å². The number of carbonyl (C=O) groups excluding carboxylic acids is 1. The molecule has 2 aromatic rings. The lowest BCUT2D eigenvalue weighted by Crippen LogP contribution is -2.45. The number of amides is 1. The van der Waals surface area contributed by atoms with Crippen molar-refractivity contribution in [2.75, 3.05) is 40.3 Å². The molecule has 0 aliphatic carbocycles. The molecular formula is C24H31N3O2. The minimum Gasteiger partial charge on any atom is -0.497 e. The molecule has 0 unspecified atom stereocenters. The second-order valence-corrected chi connectivity index (χ2v) is 8.38. The van der Waals surface area contributed by atoms with Crippen LogP contribution in [0.15, 0.2) is 42.5 Å². The maximum Gasteiger partial charge on any atom is 0.225 e. The molecule has 2 fully saturated rings. The Morgan fingerprint density at radius 3 is 2.66 bits per heavy atom. The molecule has 1 aromatic heterocycles. The average molecular weight is 394 g/mol.